The van der Waals surface area contributed by atoms with Gasteiger partial charge in [-0.3, -0.25) is 0 Å². The number of aromatic carboxylic acids is 2. The molecule has 128 valence electrons. The van der Waals surface area contributed by atoms with Crippen LogP contribution in [0.2, 0.25) is 0 Å². The Morgan fingerprint density at radius 3 is 1.83 bits per heavy atom. The number of hydrogen-bond donors (Lipinski definition) is 4. The zero-order valence-electron chi connectivity index (χ0n) is 13.5. The van der Waals surface area contributed by atoms with Crippen molar-refractivity contribution in [2.75, 3.05) is 0 Å². The lowest BCUT2D eigenvalue weighted by Crippen LogP contribution is -1.98. The molecule has 0 aromatic heterocycles. The Labute approximate surface area is 139 Å². The molecule has 6 heteroatoms. The molecule has 0 atom stereocenters. The van der Waals surface area contributed by atoms with Gasteiger partial charge in [-0.1, -0.05) is 37.6 Å². The molecule has 0 saturated heterocycles. The van der Waals surface area contributed by atoms with Gasteiger partial charge in [0.2, 0.25) is 0 Å². The first-order chi connectivity index (χ1) is 11.3. The number of hydrogen-bond acceptors (Lipinski definition) is 4. The lowest BCUT2D eigenvalue weighted by atomic mass is 10.1. The van der Waals surface area contributed by atoms with E-state index in [4.69, 9.17) is 10.2 Å². The fourth-order valence-electron chi connectivity index (χ4n) is 2.07. The van der Waals surface area contributed by atoms with E-state index in [0.717, 1.165) is 6.42 Å². The molecular weight excluding hydrogens is 312 g/mol. The number of carbonyl (C=O) groups is 2. The summed E-state index contributed by atoms with van der Waals surface area (Å²) >= 11 is 0. The lowest BCUT2D eigenvalue weighted by Gasteiger charge is -2.04. The van der Waals surface area contributed by atoms with Gasteiger partial charge in [-0.15, -0.1) is 0 Å². The number of benzene rings is 2. The zero-order chi connectivity index (χ0) is 18.3. The normalized spacial score (nSPS) is 9.75. The molecule has 2 rings (SSSR count). The van der Waals surface area contributed by atoms with Crippen LogP contribution in [-0.4, -0.2) is 32.4 Å². The van der Waals surface area contributed by atoms with Crippen molar-refractivity contribution in [2.45, 2.75) is 26.7 Å². The van der Waals surface area contributed by atoms with Crippen molar-refractivity contribution in [3.05, 3.63) is 58.7 Å². The number of aryl methyl sites for hydroxylation is 2. The summed E-state index contributed by atoms with van der Waals surface area (Å²) < 4.78 is 0. The molecule has 0 fully saturated rings. The minimum Gasteiger partial charge on any atom is -0.507 e. The molecule has 24 heavy (non-hydrogen) atoms. The van der Waals surface area contributed by atoms with E-state index < -0.39 is 11.9 Å². The molecule has 0 aliphatic heterocycles. The van der Waals surface area contributed by atoms with Gasteiger partial charge in [0.15, 0.2) is 0 Å². The van der Waals surface area contributed by atoms with Crippen LogP contribution in [0.4, 0.5) is 0 Å². The first-order valence-corrected chi connectivity index (χ1v) is 7.35. The largest absolute Gasteiger partial charge is 0.507 e. The smallest absolute Gasteiger partial charge is 0.339 e. The van der Waals surface area contributed by atoms with Gasteiger partial charge in [-0.25, -0.2) is 9.59 Å². The zero-order valence-corrected chi connectivity index (χ0v) is 13.5. The second-order valence-corrected chi connectivity index (χ2v) is 5.14. The van der Waals surface area contributed by atoms with Gasteiger partial charge < -0.3 is 20.4 Å². The Kier molecular flexibility index (Phi) is 6.79. The van der Waals surface area contributed by atoms with Gasteiger partial charge in [0.05, 0.1) is 0 Å². The summed E-state index contributed by atoms with van der Waals surface area (Å²) in [5, 5.41) is 35.9. The number of carboxylic acids is 2. The van der Waals surface area contributed by atoms with Crippen molar-refractivity contribution in [3.63, 3.8) is 0 Å². The number of para-hydroxylation sites is 2. The van der Waals surface area contributed by atoms with E-state index in [2.05, 4.69) is 0 Å². The van der Waals surface area contributed by atoms with Gasteiger partial charge in [-0.2, -0.15) is 0 Å². The van der Waals surface area contributed by atoms with Crippen molar-refractivity contribution in [2.24, 2.45) is 0 Å². The lowest BCUT2D eigenvalue weighted by molar-refractivity contribution is 0.0682. The van der Waals surface area contributed by atoms with Crippen LogP contribution in [0.1, 0.15) is 45.2 Å². The van der Waals surface area contributed by atoms with Crippen LogP contribution in [0.3, 0.4) is 0 Å². The fourth-order valence-corrected chi connectivity index (χ4v) is 2.07. The highest BCUT2D eigenvalue weighted by molar-refractivity contribution is 5.91. The molecule has 0 spiro atoms. The van der Waals surface area contributed by atoms with E-state index in [-0.39, 0.29) is 22.6 Å². The third-order valence-corrected chi connectivity index (χ3v) is 3.34. The Balaban J connectivity index is 0.000000243. The SMILES string of the molecule is CCCc1cccc(C(=O)O)c1O.Cc1cccc(C(=O)O)c1O. The summed E-state index contributed by atoms with van der Waals surface area (Å²) in [5.74, 6) is -2.45. The van der Waals surface area contributed by atoms with Crippen molar-refractivity contribution in [1.82, 2.24) is 0 Å². The van der Waals surface area contributed by atoms with E-state index in [0.29, 0.717) is 17.5 Å². The van der Waals surface area contributed by atoms with E-state index in [1.165, 1.54) is 12.1 Å². The van der Waals surface area contributed by atoms with Crippen molar-refractivity contribution >= 4 is 11.9 Å². The first-order valence-electron chi connectivity index (χ1n) is 7.35. The van der Waals surface area contributed by atoms with Gasteiger partial charge in [0.1, 0.15) is 22.6 Å². The summed E-state index contributed by atoms with van der Waals surface area (Å²) in [5.41, 5.74) is 1.20. The number of aromatic hydroxyl groups is 2. The standard InChI is InChI=1S/C10H12O3.C8H8O3/c1-2-4-7-5-3-6-8(9(7)11)10(12)13;1-5-3-2-4-6(7(5)9)8(10)11/h3,5-6,11H,2,4H2,1H3,(H,12,13);2-4,9H,1H3,(H,10,11). The summed E-state index contributed by atoms with van der Waals surface area (Å²) in [6.07, 6.45) is 1.59. The molecule has 0 aliphatic rings. The second kappa shape index (κ2) is 8.57. The molecule has 0 radical (unpaired) electrons. The number of phenols is 2. The van der Waals surface area contributed by atoms with Crippen LogP contribution in [0.15, 0.2) is 36.4 Å². The van der Waals surface area contributed by atoms with Crippen LogP contribution in [0, 0.1) is 6.92 Å². The van der Waals surface area contributed by atoms with E-state index >= 15 is 0 Å². The van der Waals surface area contributed by atoms with Crippen molar-refractivity contribution in [1.29, 1.82) is 0 Å². The minimum absolute atomic E-state index is 0.0223. The molecule has 0 heterocycles. The molecular formula is C18H20O6. The topological polar surface area (TPSA) is 115 Å². The van der Waals surface area contributed by atoms with Gasteiger partial charge in [-0.05, 0) is 36.6 Å². The third kappa shape index (κ3) is 4.74. The maximum Gasteiger partial charge on any atom is 0.339 e. The predicted molar refractivity (Wildman–Crippen MR) is 88.9 cm³/mol. The summed E-state index contributed by atoms with van der Waals surface area (Å²) in [6, 6.07) is 9.40. The predicted octanol–water partition coefficient (Wildman–Crippen LogP) is 3.44. The Morgan fingerprint density at radius 2 is 1.38 bits per heavy atom. The minimum atomic E-state index is -1.11. The second-order valence-electron chi connectivity index (χ2n) is 5.14. The van der Waals surface area contributed by atoms with Crippen molar-refractivity contribution in [3.8, 4) is 11.5 Å². The quantitative estimate of drug-likeness (QED) is 0.682. The molecule has 0 unspecified atom stereocenters. The van der Waals surface area contributed by atoms with Gasteiger partial charge in [0.25, 0.3) is 0 Å². The number of carboxylic acid groups (broad SMARTS) is 2. The molecule has 0 aliphatic carbocycles. The van der Waals surface area contributed by atoms with E-state index in [1.54, 1.807) is 31.2 Å². The van der Waals surface area contributed by atoms with Crippen LogP contribution >= 0.6 is 0 Å². The van der Waals surface area contributed by atoms with Gasteiger partial charge >= 0.3 is 11.9 Å². The maximum atomic E-state index is 10.6. The third-order valence-electron chi connectivity index (χ3n) is 3.34. The molecule has 2 aromatic carbocycles. The highest BCUT2D eigenvalue weighted by Gasteiger charge is 2.11. The maximum absolute atomic E-state index is 10.6. The molecule has 0 bridgehead atoms. The molecule has 0 amide bonds. The summed E-state index contributed by atoms with van der Waals surface area (Å²) in [6.45, 7) is 3.63. The van der Waals surface area contributed by atoms with Crippen LogP contribution < -0.4 is 0 Å². The molecule has 0 saturated carbocycles. The van der Waals surface area contributed by atoms with Crippen LogP contribution in [0.25, 0.3) is 0 Å². The summed E-state index contributed by atoms with van der Waals surface area (Å²) in [4.78, 5) is 21.0. The monoisotopic (exact) mass is 332 g/mol. The average molecular weight is 332 g/mol. The molecule has 4 N–H and O–H groups in total. The fraction of sp³-hybridized carbons (Fsp3) is 0.222. The van der Waals surface area contributed by atoms with E-state index in [1.807, 2.05) is 6.92 Å². The Morgan fingerprint density at radius 1 is 0.875 bits per heavy atom. The Bertz CT molecular complexity index is 736. The molecule has 6 nitrogen and oxygen atoms in total. The highest BCUT2D eigenvalue weighted by Crippen LogP contribution is 2.23. The molecule has 2 aromatic rings. The Hall–Kier alpha value is -3.02. The van der Waals surface area contributed by atoms with Crippen LogP contribution in [0.5, 0.6) is 11.5 Å². The van der Waals surface area contributed by atoms with Crippen LogP contribution in [-0.2, 0) is 6.42 Å². The summed E-state index contributed by atoms with van der Waals surface area (Å²) in [7, 11) is 0. The van der Waals surface area contributed by atoms with E-state index in [9.17, 15) is 19.8 Å². The van der Waals surface area contributed by atoms with Gasteiger partial charge in [0, 0.05) is 0 Å². The first kappa shape index (κ1) is 19.0. The highest BCUT2D eigenvalue weighted by atomic mass is 16.4. The van der Waals surface area contributed by atoms with Crippen molar-refractivity contribution < 1.29 is 30.0 Å². The number of rotatable bonds is 4. The average Bonchev–Trinajstić information content (AvgIpc) is 2.52.